The minimum absolute atomic E-state index is 0.122. The van der Waals surface area contributed by atoms with Crippen molar-refractivity contribution in [1.82, 2.24) is 5.32 Å². The van der Waals surface area contributed by atoms with Crippen molar-refractivity contribution in [2.24, 2.45) is 0 Å². The lowest BCUT2D eigenvalue weighted by Crippen LogP contribution is -2.38. The molecule has 0 radical (unpaired) electrons. The highest BCUT2D eigenvalue weighted by Gasteiger charge is 2.22. The molecule has 0 aliphatic heterocycles. The fourth-order valence-corrected chi connectivity index (χ4v) is 1.50. The van der Waals surface area contributed by atoms with E-state index in [2.05, 4.69) is 16.1 Å². The summed E-state index contributed by atoms with van der Waals surface area (Å²) in [6.45, 7) is 6.47. The van der Waals surface area contributed by atoms with E-state index in [4.69, 9.17) is 0 Å². The number of amides is 1. The topological polar surface area (TPSA) is 72.5 Å². The largest absolute Gasteiger partial charge is 0.334 e. The lowest BCUT2D eigenvalue weighted by atomic mass is 10.5. The molecule has 1 N–H and O–H groups in total. The van der Waals surface area contributed by atoms with Gasteiger partial charge in [-0.25, -0.2) is 0 Å². The third-order valence-corrected chi connectivity index (χ3v) is 2.89. The van der Waals surface area contributed by atoms with Gasteiger partial charge in [-0.05, 0) is 19.4 Å². The van der Waals surface area contributed by atoms with E-state index in [0.717, 1.165) is 6.08 Å². The molecular weight excluding hydrogens is 206 g/mol. The first-order chi connectivity index (χ1) is 6.44. The van der Waals surface area contributed by atoms with E-state index >= 15 is 0 Å². The zero-order chi connectivity index (χ0) is 11.2. The Morgan fingerprint density at radius 1 is 1.64 bits per heavy atom. The van der Waals surface area contributed by atoms with Crippen molar-refractivity contribution in [3.05, 3.63) is 12.7 Å². The Morgan fingerprint density at radius 2 is 2.21 bits per heavy atom. The Balaban J connectivity index is 4.28. The van der Waals surface area contributed by atoms with Crippen LogP contribution in [0, 0.1) is 0 Å². The normalized spacial score (nSPS) is 13.3. The van der Waals surface area contributed by atoms with Gasteiger partial charge in [0.1, 0.15) is 0 Å². The number of rotatable bonds is 6. The van der Waals surface area contributed by atoms with Crippen LogP contribution < -0.4 is 5.32 Å². The molecule has 0 saturated heterocycles. The van der Waals surface area contributed by atoms with E-state index in [1.54, 1.807) is 6.92 Å². The molecule has 0 saturated carbocycles. The van der Waals surface area contributed by atoms with Crippen LogP contribution in [0.15, 0.2) is 12.7 Å². The van der Waals surface area contributed by atoms with Crippen molar-refractivity contribution in [1.29, 1.82) is 0 Å². The van der Waals surface area contributed by atoms with Gasteiger partial charge in [0.2, 0.25) is 5.91 Å². The second kappa shape index (κ2) is 5.77. The predicted octanol–water partition coefficient (Wildman–Crippen LogP) is 0.391. The van der Waals surface area contributed by atoms with E-state index in [0.29, 0.717) is 6.42 Å². The molecule has 0 aliphatic carbocycles. The average Bonchev–Trinajstić information content (AvgIpc) is 2.14. The standard InChI is InChI=1S/C8H15NO4S/c1-4-6-13-14(11,12)7(3)9-8(10)5-2/h5,7H,2,4,6H2,1,3H3,(H,9,10). The van der Waals surface area contributed by atoms with Gasteiger partial charge in [0.25, 0.3) is 10.1 Å². The lowest BCUT2D eigenvalue weighted by Gasteiger charge is -2.12. The molecule has 1 amide bonds. The van der Waals surface area contributed by atoms with Crippen LogP contribution in [-0.4, -0.2) is 26.3 Å². The third-order valence-electron chi connectivity index (χ3n) is 1.42. The molecule has 0 bridgehead atoms. The Labute approximate surface area is 84.3 Å². The highest BCUT2D eigenvalue weighted by atomic mass is 32.2. The van der Waals surface area contributed by atoms with Crippen molar-refractivity contribution >= 4 is 16.0 Å². The minimum atomic E-state index is -3.71. The quantitative estimate of drug-likeness (QED) is 0.520. The molecule has 0 fully saturated rings. The number of carbonyl (C=O) groups excluding carboxylic acids is 1. The molecule has 1 atom stereocenters. The van der Waals surface area contributed by atoms with E-state index in [9.17, 15) is 13.2 Å². The van der Waals surface area contributed by atoms with Crippen molar-refractivity contribution in [3.63, 3.8) is 0 Å². The highest BCUT2D eigenvalue weighted by Crippen LogP contribution is 2.01. The minimum Gasteiger partial charge on any atom is -0.334 e. The summed E-state index contributed by atoms with van der Waals surface area (Å²) >= 11 is 0. The van der Waals surface area contributed by atoms with Crippen LogP contribution in [0.4, 0.5) is 0 Å². The Hall–Kier alpha value is -0.880. The van der Waals surface area contributed by atoms with Crippen molar-refractivity contribution in [3.8, 4) is 0 Å². The summed E-state index contributed by atoms with van der Waals surface area (Å²) in [5.41, 5.74) is 0. The molecule has 0 aromatic carbocycles. The van der Waals surface area contributed by atoms with Crippen molar-refractivity contribution in [2.75, 3.05) is 6.61 Å². The molecule has 82 valence electrons. The zero-order valence-electron chi connectivity index (χ0n) is 8.32. The van der Waals surface area contributed by atoms with Crippen LogP contribution in [0.3, 0.4) is 0 Å². The summed E-state index contributed by atoms with van der Waals surface area (Å²) < 4.78 is 27.1. The molecule has 5 nitrogen and oxygen atoms in total. The van der Waals surface area contributed by atoms with Gasteiger partial charge in [0.05, 0.1) is 6.61 Å². The molecular formula is C8H15NO4S. The van der Waals surface area contributed by atoms with Crippen molar-refractivity contribution < 1.29 is 17.4 Å². The summed E-state index contributed by atoms with van der Waals surface area (Å²) in [4.78, 5) is 10.8. The average molecular weight is 221 g/mol. The van der Waals surface area contributed by atoms with Crippen LogP contribution in [0.1, 0.15) is 20.3 Å². The molecule has 0 rings (SSSR count). The molecule has 14 heavy (non-hydrogen) atoms. The summed E-state index contributed by atoms with van der Waals surface area (Å²) in [7, 11) is -3.71. The number of carbonyl (C=O) groups is 1. The van der Waals surface area contributed by atoms with Crippen LogP contribution >= 0.6 is 0 Å². The lowest BCUT2D eigenvalue weighted by molar-refractivity contribution is -0.116. The molecule has 0 aromatic heterocycles. The Morgan fingerprint density at radius 3 is 2.64 bits per heavy atom. The maximum absolute atomic E-state index is 11.3. The van der Waals surface area contributed by atoms with Gasteiger partial charge in [-0.1, -0.05) is 13.5 Å². The molecule has 0 heterocycles. The fourth-order valence-electron chi connectivity index (χ4n) is 0.633. The Kier molecular flexibility index (Phi) is 5.40. The SMILES string of the molecule is C=CC(=O)NC(C)S(=O)(=O)OCCC. The summed E-state index contributed by atoms with van der Waals surface area (Å²) in [5.74, 6) is -0.541. The van der Waals surface area contributed by atoms with Gasteiger partial charge in [-0.15, -0.1) is 0 Å². The van der Waals surface area contributed by atoms with Crippen molar-refractivity contribution in [2.45, 2.75) is 25.6 Å². The Bertz CT molecular complexity index is 296. The van der Waals surface area contributed by atoms with Gasteiger partial charge < -0.3 is 5.32 Å². The first-order valence-electron chi connectivity index (χ1n) is 4.25. The molecule has 0 spiro atoms. The van der Waals surface area contributed by atoms with E-state index in [1.807, 2.05) is 0 Å². The second-order valence-electron chi connectivity index (χ2n) is 2.67. The van der Waals surface area contributed by atoms with E-state index in [1.165, 1.54) is 6.92 Å². The molecule has 0 aliphatic rings. The number of hydrogen-bond acceptors (Lipinski definition) is 4. The predicted molar refractivity (Wildman–Crippen MR) is 53.0 cm³/mol. The van der Waals surface area contributed by atoms with Gasteiger partial charge >= 0.3 is 0 Å². The fraction of sp³-hybridized carbons (Fsp3) is 0.625. The van der Waals surface area contributed by atoms with Crippen LogP contribution in [0.25, 0.3) is 0 Å². The van der Waals surface area contributed by atoms with Gasteiger partial charge in [0.15, 0.2) is 5.37 Å². The highest BCUT2D eigenvalue weighted by molar-refractivity contribution is 7.87. The smallest absolute Gasteiger partial charge is 0.288 e. The summed E-state index contributed by atoms with van der Waals surface area (Å²) in [5, 5.41) is 1.15. The van der Waals surface area contributed by atoms with Gasteiger partial charge in [0, 0.05) is 0 Å². The summed E-state index contributed by atoms with van der Waals surface area (Å²) in [6.07, 6.45) is 1.60. The van der Waals surface area contributed by atoms with Gasteiger partial charge in [-0.2, -0.15) is 8.42 Å². The van der Waals surface area contributed by atoms with Crippen LogP contribution in [0.2, 0.25) is 0 Å². The molecule has 1 unspecified atom stereocenters. The number of hydrogen-bond donors (Lipinski definition) is 1. The van der Waals surface area contributed by atoms with E-state index < -0.39 is 21.4 Å². The maximum atomic E-state index is 11.3. The van der Waals surface area contributed by atoms with E-state index in [-0.39, 0.29) is 6.61 Å². The summed E-state index contributed by atoms with van der Waals surface area (Å²) in [6, 6.07) is 0. The van der Waals surface area contributed by atoms with Crippen LogP contribution in [0.5, 0.6) is 0 Å². The monoisotopic (exact) mass is 221 g/mol. The van der Waals surface area contributed by atoms with Crippen LogP contribution in [-0.2, 0) is 19.1 Å². The zero-order valence-corrected chi connectivity index (χ0v) is 9.13. The second-order valence-corrected chi connectivity index (χ2v) is 4.60. The first-order valence-corrected chi connectivity index (χ1v) is 5.72. The number of nitrogens with one attached hydrogen (secondary N) is 1. The molecule has 6 heteroatoms. The maximum Gasteiger partial charge on any atom is 0.288 e. The third kappa shape index (κ3) is 4.38. The first kappa shape index (κ1) is 13.1. The van der Waals surface area contributed by atoms with Gasteiger partial charge in [-0.3, -0.25) is 8.98 Å². The molecule has 0 aromatic rings.